The summed E-state index contributed by atoms with van der Waals surface area (Å²) in [6.07, 6.45) is 6.03. The monoisotopic (exact) mass is 559 g/mol. The summed E-state index contributed by atoms with van der Waals surface area (Å²) in [6, 6.07) is 3.04. The van der Waals surface area contributed by atoms with Crippen LogP contribution in [0.5, 0.6) is 5.75 Å². The van der Waals surface area contributed by atoms with Crippen molar-refractivity contribution in [1.82, 2.24) is 15.5 Å². The zero-order valence-electron chi connectivity index (χ0n) is 26.2. The minimum atomic E-state index is -0.919. The van der Waals surface area contributed by atoms with Gasteiger partial charge in [0, 0.05) is 12.1 Å². The van der Waals surface area contributed by atoms with Crippen molar-refractivity contribution >= 4 is 17.9 Å². The molecule has 1 fully saturated rings. The summed E-state index contributed by atoms with van der Waals surface area (Å²) in [7, 11) is 0. The quantitative estimate of drug-likeness (QED) is 0.291. The maximum Gasteiger partial charge on any atom is 0.408 e. The number of hydrogen-bond acceptors (Lipinski definition) is 5. The lowest BCUT2D eigenvalue weighted by Crippen LogP contribution is -2.57. The SMILES string of the molecule is Cc1cc(C(C(=O)NC2CCCCC2)N(C(=O)C(NC(=O)OC(C)(C)C)C(C)C)C(C)CCC(C)C)ccc1O. The van der Waals surface area contributed by atoms with Crippen LogP contribution in [0.25, 0.3) is 0 Å². The van der Waals surface area contributed by atoms with Crippen LogP contribution in [0.1, 0.15) is 118 Å². The van der Waals surface area contributed by atoms with Crippen molar-refractivity contribution in [3.05, 3.63) is 29.3 Å². The summed E-state index contributed by atoms with van der Waals surface area (Å²) < 4.78 is 5.48. The maximum atomic E-state index is 14.5. The van der Waals surface area contributed by atoms with Gasteiger partial charge in [-0.05, 0) is 95.4 Å². The maximum absolute atomic E-state index is 14.5. The van der Waals surface area contributed by atoms with Crippen LogP contribution in [-0.2, 0) is 14.3 Å². The first-order chi connectivity index (χ1) is 18.6. The highest BCUT2D eigenvalue weighted by molar-refractivity contribution is 5.92. The number of alkyl carbamates (subject to hydrolysis) is 1. The second-order valence-corrected chi connectivity index (χ2v) is 13.2. The van der Waals surface area contributed by atoms with Gasteiger partial charge < -0.3 is 25.4 Å². The van der Waals surface area contributed by atoms with E-state index in [1.165, 1.54) is 0 Å². The second-order valence-electron chi connectivity index (χ2n) is 13.2. The van der Waals surface area contributed by atoms with Crippen LogP contribution in [0.15, 0.2) is 18.2 Å². The Labute approximate surface area is 241 Å². The highest BCUT2D eigenvalue weighted by atomic mass is 16.6. The molecule has 226 valence electrons. The van der Waals surface area contributed by atoms with Gasteiger partial charge in [0.15, 0.2) is 0 Å². The minimum Gasteiger partial charge on any atom is -0.508 e. The smallest absolute Gasteiger partial charge is 0.408 e. The third-order valence-corrected chi connectivity index (χ3v) is 7.51. The molecule has 8 heteroatoms. The lowest BCUT2D eigenvalue weighted by atomic mass is 9.92. The standard InChI is InChI=1S/C32H53N3O5/c1-20(2)15-16-23(6)35(30(38)27(21(3)4)34-31(39)40-32(7,8)9)28(24-17-18-26(36)22(5)19-24)29(37)33-25-13-11-10-12-14-25/h17-21,23,25,27-28,36H,10-16H2,1-9H3,(H,33,37)(H,34,39). The van der Waals surface area contributed by atoms with Crippen LogP contribution in [0.2, 0.25) is 0 Å². The molecule has 0 saturated heterocycles. The second kappa shape index (κ2) is 14.7. The van der Waals surface area contributed by atoms with Gasteiger partial charge in [0.25, 0.3) is 0 Å². The molecular formula is C32H53N3O5. The Kier molecular flexibility index (Phi) is 12.3. The molecule has 3 amide bonds. The zero-order valence-corrected chi connectivity index (χ0v) is 26.2. The number of ether oxygens (including phenoxy) is 1. The van der Waals surface area contributed by atoms with Gasteiger partial charge in [-0.15, -0.1) is 0 Å². The number of carbonyl (C=O) groups excluding carboxylic acids is 3. The highest BCUT2D eigenvalue weighted by Crippen LogP contribution is 2.31. The number of nitrogens with zero attached hydrogens (tertiary/aromatic N) is 1. The van der Waals surface area contributed by atoms with Crippen molar-refractivity contribution in [2.75, 3.05) is 0 Å². The van der Waals surface area contributed by atoms with E-state index in [0.29, 0.717) is 23.5 Å². The number of aromatic hydroxyl groups is 1. The van der Waals surface area contributed by atoms with E-state index in [2.05, 4.69) is 24.5 Å². The topological polar surface area (TPSA) is 108 Å². The molecule has 2 rings (SSSR count). The molecule has 3 N–H and O–H groups in total. The predicted octanol–water partition coefficient (Wildman–Crippen LogP) is 6.39. The molecule has 40 heavy (non-hydrogen) atoms. The minimum absolute atomic E-state index is 0.0608. The fraction of sp³-hybridized carbons (Fsp3) is 0.719. The van der Waals surface area contributed by atoms with Gasteiger partial charge in [-0.25, -0.2) is 4.79 Å². The number of phenols is 1. The average molecular weight is 560 g/mol. The Hall–Kier alpha value is -2.77. The van der Waals surface area contributed by atoms with Crippen molar-refractivity contribution in [2.24, 2.45) is 11.8 Å². The molecule has 0 bridgehead atoms. The third kappa shape index (κ3) is 10.0. The molecule has 1 aromatic carbocycles. The summed E-state index contributed by atoms with van der Waals surface area (Å²) in [4.78, 5) is 43.0. The van der Waals surface area contributed by atoms with E-state index < -0.39 is 23.8 Å². The number of hydrogen-bond donors (Lipinski definition) is 3. The molecular weight excluding hydrogens is 506 g/mol. The van der Waals surface area contributed by atoms with Crippen LogP contribution >= 0.6 is 0 Å². The third-order valence-electron chi connectivity index (χ3n) is 7.51. The molecule has 0 spiro atoms. The fourth-order valence-electron chi connectivity index (χ4n) is 5.24. The van der Waals surface area contributed by atoms with Gasteiger partial charge in [0.2, 0.25) is 11.8 Å². The van der Waals surface area contributed by atoms with E-state index in [1.54, 1.807) is 50.8 Å². The van der Waals surface area contributed by atoms with Gasteiger partial charge in [0.1, 0.15) is 23.4 Å². The van der Waals surface area contributed by atoms with Crippen LogP contribution in [0.3, 0.4) is 0 Å². The number of amides is 3. The molecule has 1 aromatic rings. The van der Waals surface area contributed by atoms with Crippen molar-refractivity contribution < 1.29 is 24.2 Å². The number of phenolic OH excluding ortho intramolecular Hbond substituents is 1. The molecule has 0 aromatic heterocycles. The Morgan fingerprint density at radius 3 is 2.17 bits per heavy atom. The molecule has 1 aliphatic carbocycles. The molecule has 3 unspecified atom stereocenters. The Balaban J connectivity index is 2.57. The normalized spacial score (nSPS) is 16.8. The van der Waals surface area contributed by atoms with Crippen molar-refractivity contribution in [3.63, 3.8) is 0 Å². The Morgan fingerprint density at radius 2 is 1.65 bits per heavy atom. The number of benzene rings is 1. The molecule has 8 nitrogen and oxygen atoms in total. The lowest BCUT2D eigenvalue weighted by Gasteiger charge is -2.40. The van der Waals surface area contributed by atoms with E-state index >= 15 is 0 Å². The Morgan fingerprint density at radius 1 is 1.02 bits per heavy atom. The van der Waals surface area contributed by atoms with E-state index in [0.717, 1.165) is 38.5 Å². The summed E-state index contributed by atoms with van der Waals surface area (Å²) >= 11 is 0. The number of carbonyl (C=O) groups is 3. The van der Waals surface area contributed by atoms with Gasteiger partial charge >= 0.3 is 6.09 Å². The first kappa shape index (κ1) is 33.4. The summed E-state index contributed by atoms with van der Waals surface area (Å²) in [6.45, 7) is 17.1. The van der Waals surface area contributed by atoms with Gasteiger partial charge in [-0.1, -0.05) is 53.0 Å². The molecule has 1 aliphatic rings. The zero-order chi connectivity index (χ0) is 30.2. The summed E-state index contributed by atoms with van der Waals surface area (Å²) in [5.74, 6) is -0.255. The van der Waals surface area contributed by atoms with Crippen molar-refractivity contribution in [1.29, 1.82) is 0 Å². The lowest BCUT2D eigenvalue weighted by molar-refractivity contribution is -0.146. The highest BCUT2D eigenvalue weighted by Gasteiger charge is 2.40. The summed E-state index contributed by atoms with van der Waals surface area (Å²) in [5, 5.41) is 16.3. The number of nitrogens with one attached hydrogen (secondary N) is 2. The number of aryl methyl sites for hydroxylation is 1. The Bertz CT molecular complexity index is 995. The predicted molar refractivity (Wildman–Crippen MR) is 159 cm³/mol. The van der Waals surface area contributed by atoms with Crippen molar-refractivity contribution in [2.45, 2.75) is 137 Å². The van der Waals surface area contributed by atoms with E-state index in [4.69, 9.17) is 4.74 Å². The van der Waals surface area contributed by atoms with Crippen molar-refractivity contribution in [3.8, 4) is 5.75 Å². The van der Waals surface area contributed by atoms with Crippen LogP contribution in [-0.4, -0.2) is 51.6 Å². The molecule has 0 heterocycles. The van der Waals surface area contributed by atoms with E-state index in [-0.39, 0.29) is 35.6 Å². The molecule has 0 aliphatic heterocycles. The average Bonchev–Trinajstić information content (AvgIpc) is 2.85. The first-order valence-corrected chi connectivity index (χ1v) is 15.0. The molecule has 0 radical (unpaired) electrons. The van der Waals surface area contributed by atoms with E-state index in [9.17, 15) is 19.5 Å². The molecule has 1 saturated carbocycles. The first-order valence-electron chi connectivity index (χ1n) is 15.0. The largest absolute Gasteiger partial charge is 0.508 e. The fourth-order valence-corrected chi connectivity index (χ4v) is 5.24. The van der Waals surface area contributed by atoms with Crippen LogP contribution in [0.4, 0.5) is 4.79 Å². The van der Waals surface area contributed by atoms with Crippen LogP contribution < -0.4 is 10.6 Å². The summed E-state index contributed by atoms with van der Waals surface area (Å²) in [5.41, 5.74) is 0.542. The van der Waals surface area contributed by atoms with Gasteiger partial charge in [-0.2, -0.15) is 0 Å². The number of rotatable bonds is 11. The molecule has 3 atom stereocenters. The van der Waals surface area contributed by atoms with Crippen LogP contribution in [0, 0.1) is 18.8 Å². The van der Waals surface area contributed by atoms with Gasteiger partial charge in [0.05, 0.1) is 0 Å². The van der Waals surface area contributed by atoms with E-state index in [1.807, 2.05) is 20.8 Å². The van der Waals surface area contributed by atoms with Gasteiger partial charge in [-0.3, -0.25) is 9.59 Å².